The van der Waals surface area contributed by atoms with Gasteiger partial charge in [0.1, 0.15) is 0 Å². The fourth-order valence-electron chi connectivity index (χ4n) is 2.14. The Bertz CT molecular complexity index is 674. The lowest BCUT2D eigenvalue weighted by molar-refractivity contribution is -0.131. The number of pyridine rings is 1. The fraction of sp³-hybridized carbons (Fsp3) is 0.467. The Kier molecular flexibility index (Phi) is 4.06. The van der Waals surface area contributed by atoms with Crippen LogP contribution in [0, 0.1) is 0 Å². The molecule has 0 amide bonds. The highest BCUT2D eigenvalue weighted by Gasteiger charge is 2.52. The largest absolute Gasteiger partial charge is 0.496 e. The number of carboxylic acids is 1. The van der Waals surface area contributed by atoms with Crippen molar-refractivity contribution < 1.29 is 19.2 Å². The summed E-state index contributed by atoms with van der Waals surface area (Å²) in [6, 6.07) is 1.37. The summed E-state index contributed by atoms with van der Waals surface area (Å²) in [4.78, 5) is 22.5. The summed E-state index contributed by atoms with van der Waals surface area (Å²) in [5.41, 5.74) is -0.159. The van der Waals surface area contributed by atoms with Gasteiger partial charge in [0.05, 0.1) is 11.2 Å². The molecule has 1 fully saturated rings. The number of aromatic nitrogens is 1. The zero-order chi connectivity index (χ0) is 16.7. The lowest BCUT2D eigenvalue weighted by atomic mass is 9.77. The molecule has 0 aliphatic carbocycles. The normalized spacial score (nSPS) is 19.8. The maximum absolute atomic E-state index is 11.8. The summed E-state index contributed by atoms with van der Waals surface area (Å²) in [6.45, 7) is 7.73. The van der Waals surface area contributed by atoms with Gasteiger partial charge in [0.15, 0.2) is 0 Å². The Labute approximate surface area is 129 Å². The van der Waals surface area contributed by atoms with Crippen molar-refractivity contribution in [3.63, 3.8) is 0 Å². The van der Waals surface area contributed by atoms with Gasteiger partial charge in [0.25, 0.3) is 5.56 Å². The van der Waals surface area contributed by atoms with Crippen molar-refractivity contribution in [2.45, 2.75) is 38.9 Å². The molecule has 118 valence electrons. The third kappa shape index (κ3) is 3.00. The number of aryl methyl sites for hydroxylation is 1. The molecule has 0 bridgehead atoms. The molecule has 1 aliphatic heterocycles. The van der Waals surface area contributed by atoms with Crippen LogP contribution in [0.2, 0.25) is 0 Å². The van der Waals surface area contributed by atoms with E-state index in [1.807, 2.05) is 27.7 Å². The highest BCUT2D eigenvalue weighted by molar-refractivity contribution is 6.63. The SMILES string of the molecule is Cn1cc(B2OC(C)(C)C(C)(C)O2)c(C=CC(=O)O)cc1=O. The molecule has 1 aromatic rings. The van der Waals surface area contributed by atoms with Crippen molar-refractivity contribution in [3.05, 3.63) is 34.3 Å². The number of nitrogens with zero attached hydrogens (tertiary/aromatic N) is 1. The monoisotopic (exact) mass is 305 g/mol. The van der Waals surface area contributed by atoms with E-state index in [1.165, 1.54) is 16.7 Å². The zero-order valence-corrected chi connectivity index (χ0v) is 13.4. The average Bonchev–Trinajstić information content (AvgIpc) is 2.59. The predicted molar refractivity (Wildman–Crippen MR) is 84.1 cm³/mol. The first-order chi connectivity index (χ1) is 10.0. The van der Waals surface area contributed by atoms with Crippen molar-refractivity contribution in [1.29, 1.82) is 0 Å². The van der Waals surface area contributed by atoms with Gasteiger partial charge in [-0.3, -0.25) is 4.79 Å². The molecule has 0 spiro atoms. The molecule has 1 saturated heterocycles. The van der Waals surface area contributed by atoms with Crippen LogP contribution in [-0.2, 0) is 21.2 Å². The van der Waals surface area contributed by atoms with Crippen molar-refractivity contribution in [1.82, 2.24) is 4.57 Å². The minimum absolute atomic E-state index is 0.231. The molecule has 1 N–H and O–H groups in total. The van der Waals surface area contributed by atoms with Gasteiger partial charge in [0.2, 0.25) is 0 Å². The van der Waals surface area contributed by atoms with Crippen LogP contribution >= 0.6 is 0 Å². The van der Waals surface area contributed by atoms with Crippen LogP contribution in [-0.4, -0.2) is 34.0 Å². The summed E-state index contributed by atoms with van der Waals surface area (Å²) >= 11 is 0. The Morgan fingerprint density at radius 2 is 1.82 bits per heavy atom. The van der Waals surface area contributed by atoms with E-state index in [2.05, 4.69) is 0 Å². The second-order valence-corrected chi connectivity index (χ2v) is 6.39. The summed E-state index contributed by atoms with van der Waals surface area (Å²) < 4.78 is 13.4. The number of carbonyl (C=O) groups is 1. The molecule has 2 rings (SSSR count). The molecular weight excluding hydrogens is 285 g/mol. The molecule has 0 aromatic carbocycles. The van der Waals surface area contributed by atoms with E-state index in [4.69, 9.17) is 14.4 Å². The number of carboxylic acid groups (broad SMARTS) is 1. The van der Waals surface area contributed by atoms with Gasteiger partial charge in [0, 0.05) is 30.8 Å². The third-order valence-corrected chi connectivity index (χ3v) is 4.21. The summed E-state index contributed by atoms with van der Waals surface area (Å²) in [5, 5.41) is 8.79. The van der Waals surface area contributed by atoms with E-state index in [-0.39, 0.29) is 5.56 Å². The molecule has 0 saturated carbocycles. The van der Waals surface area contributed by atoms with Crippen LogP contribution in [0.25, 0.3) is 6.08 Å². The number of rotatable bonds is 3. The van der Waals surface area contributed by atoms with E-state index >= 15 is 0 Å². The van der Waals surface area contributed by atoms with Crippen molar-refractivity contribution in [2.75, 3.05) is 0 Å². The highest BCUT2D eigenvalue weighted by Crippen LogP contribution is 2.36. The van der Waals surface area contributed by atoms with Gasteiger partial charge in [-0.15, -0.1) is 0 Å². The van der Waals surface area contributed by atoms with Crippen molar-refractivity contribution in [2.24, 2.45) is 7.05 Å². The maximum Gasteiger partial charge on any atom is 0.496 e. The first-order valence-corrected chi connectivity index (χ1v) is 7.01. The van der Waals surface area contributed by atoms with E-state index in [0.29, 0.717) is 11.0 Å². The molecule has 0 unspecified atom stereocenters. The minimum Gasteiger partial charge on any atom is -0.478 e. The Hall–Kier alpha value is -1.86. The molecule has 2 heterocycles. The first kappa shape index (κ1) is 16.5. The minimum atomic E-state index is -1.08. The second kappa shape index (κ2) is 5.41. The number of hydrogen-bond acceptors (Lipinski definition) is 4. The summed E-state index contributed by atoms with van der Waals surface area (Å²) in [7, 11) is 0.965. The Balaban J connectivity index is 2.49. The summed E-state index contributed by atoms with van der Waals surface area (Å²) in [6.07, 6.45) is 3.99. The molecule has 1 aliphatic rings. The molecule has 6 nitrogen and oxygen atoms in total. The summed E-state index contributed by atoms with van der Waals surface area (Å²) in [5.74, 6) is -1.08. The van der Waals surface area contributed by atoms with Gasteiger partial charge in [-0.2, -0.15) is 0 Å². The maximum atomic E-state index is 11.8. The number of hydrogen-bond donors (Lipinski definition) is 1. The van der Waals surface area contributed by atoms with Gasteiger partial charge < -0.3 is 19.0 Å². The zero-order valence-electron chi connectivity index (χ0n) is 13.4. The van der Waals surface area contributed by atoms with Crippen LogP contribution in [0.1, 0.15) is 33.3 Å². The van der Waals surface area contributed by atoms with E-state index in [9.17, 15) is 9.59 Å². The molecule has 0 radical (unpaired) electrons. The Morgan fingerprint density at radius 3 is 2.32 bits per heavy atom. The fourth-order valence-corrected chi connectivity index (χ4v) is 2.14. The van der Waals surface area contributed by atoms with Crippen molar-refractivity contribution in [3.8, 4) is 0 Å². The van der Waals surface area contributed by atoms with Crippen LogP contribution < -0.4 is 11.0 Å². The Morgan fingerprint density at radius 1 is 1.27 bits per heavy atom. The molecule has 0 atom stereocenters. The molecular formula is C15H20BNO5. The highest BCUT2D eigenvalue weighted by atomic mass is 16.7. The first-order valence-electron chi connectivity index (χ1n) is 7.01. The van der Waals surface area contributed by atoms with Crippen LogP contribution in [0.15, 0.2) is 23.1 Å². The van der Waals surface area contributed by atoms with E-state index in [1.54, 1.807) is 13.2 Å². The van der Waals surface area contributed by atoms with Gasteiger partial charge in [-0.05, 0) is 39.3 Å². The van der Waals surface area contributed by atoms with Crippen LogP contribution in [0.3, 0.4) is 0 Å². The third-order valence-electron chi connectivity index (χ3n) is 4.21. The molecule has 1 aromatic heterocycles. The quantitative estimate of drug-likeness (QED) is 0.659. The standard InChI is InChI=1S/C15H20BNO5/c1-14(2)15(3,4)22-16(21-14)11-9-17(5)12(18)8-10(11)6-7-13(19)20/h6-9H,1-5H3,(H,19,20). The predicted octanol–water partition coefficient (Wildman–Crippen LogP) is 0.782. The van der Waals surface area contributed by atoms with Gasteiger partial charge >= 0.3 is 13.1 Å². The van der Waals surface area contributed by atoms with Gasteiger partial charge in [-0.1, -0.05) is 0 Å². The lowest BCUT2D eigenvalue weighted by Crippen LogP contribution is -2.41. The van der Waals surface area contributed by atoms with E-state index in [0.717, 1.165) is 6.08 Å². The van der Waals surface area contributed by atoms with E-state index < -0.39 is 24.3 Å². The van der Waals surface area contributed by atoms with Crippen LogP contribution in [0.4, 0.5) is 0 Å². The van der Waals surface area contributed by atoms with Crippen molar-refractivity contribution >= 4 is 24.6 Å². The smallest absolute Gasteiger partial charge is 0.478 e. The second-order valence-electron chi connectivity index (χ2n) is 6.39. The molecule has 22 heavy (non-hydrogen) atoms. The lowest BCUT2D eigenvalue weighted by Gasteiger charge is -2.32. The molecule has 7 heteroatoms. The topological polar surface area (TPSA) is 77.8 Å². The van der Waals surface area contributed by atoms with Crippen LogP contribution in [0.5, 0.6) is 0 Å². The number of aliphatic carboxylic acids is 1. The van der Waals surface area contributed by atoms with Gasteiger partial charge in [-0.25, -0.2) is 4.79 Å². The average molecular weight is 305 g/mol.